The Labute approximate surface area is 215 Å². The number of alkyl halides is 6. The van der Waals surface area contributed by atoms with Gasteiger partial charge in [-0.25, -0.2) is 0 Å². The Balaban J connectivity index is 2.48. The van der Waals surface area contributed by atoms with Crippen molar-refractivity contribution in [1.29, 1.82) is 0 Å². The molecule has 1 unspecified atom stereocenters. The van der Waals surface area contributed by atoms with Crippen LogP contribution in [0.25, 0.3) is 0 Å². The van der Waals surface area contributed by atoms with E-state index in [4.69, 9.17) is 15.2 Å². The van der Waals surface area contributed by atoms with Crippen molar-refractivity contribution in [3.63, 3.8) is 0 Å². The molecule has 3 N–H and O–H groups in total. The number of methoxy groups -OCH3 is 1. The summed E-state index contributed by atoms with van der Waals surface area (Å²) >= 11 is 0. The number of hydrogen-bond acceptors (Lipinski definition) is 6. The van der Waals surface area contributed by atoms with Crippen molar-refractivity contribution in [2.75, 3.05) is 33.5 Å². The molecule has 0 saturated carbocycles. The van der Waals surface area contributed by atoms with E-state index in [1.807, 2.05) is 0 Å². The third kappa shape index (κ3) is 8.35. The van der Waals surface area contributed by atoms with E-state index in [0.29, 0.717) is 17.7 Å². The second kappa shape index (κ2) is 13.7. The van der Waals surface area contributed by atoms with E-state index in [0.717, 1.165) is 5.06 Å². The SMILES string of the molecule is COCCN(OF)C(CCCO)[C@@](N)(CO[C@H](C)c1cc(C(F)(F)F)cc(C(F)(F)F)c1)c1ccccc1. The minimum Gasteiger partial charge on any atom is -0.396 e. The highest BCUT2D eigenvalue weighted by Gasteiger charge is 2.43. The van der Waals surface area contributed by atoms with Crippen molar-refractivity contribution >= 4 is 0 Å². The van der Waals surface area contributed by atoms with Gasteiger partial charge >= 0.3 is 12.4 Å². The number of hydrogen-bond donors (Lipinski definition) is 2. The third-order valence-corrected chi connectivity index (χ3v) is 6.15. The molecule has 0 aliphatic carbocycles. The van der Waals surface area contributed by atoms with Gasteiger partial charge in [-0.15, -0.1) is 5.06 Å². The lowest BCUT2D eigenvalue weighted by Crippen LogP contribution is -2.59. The zero-order chi connectivity index (χ0) is 28.6. The van der Waals surface area contributed by atoms with Crippen molar-refractivity contribution in [1.82, 2.24) is 5.06 Å². The molecule has 2 rings (SSSR count). The van der Waals surface area contributed by atoms with Crippen LogP contribution in [-0.2, 0) is 32.4 Å². The molecule has 13 heteroatoms. The summed E-state index contributed by atoms with van der Waals surface area (Å²) in [6.45, 7) is 0.559. The van der Waals surface area contributed by atoms with Gasteiger partial charge in [0.15, 0.2) is 0 Å². The standard InChI is InChI=1S/C25H31F7N2O4/c1-17(18-13-20(24(26,27)28)15-21(14-18)25(29,30)31)37-16-23(33,19-7-4-3-5-8-19)22(9-6-11-35)34(38-32)10-12-36-2/h3-5,7-8,13-15,17,22,35H,6,9-12,16,33H2,1-2H3/t17-,22?,23-/m1/s1. The lowest BCUT2D eigenvalue weighted by atomic mass is 9.81. The molecule has 0 amide bonds. The monoisotopic (exact) mass is 556 g/mol. The smallest absolute Gasteiger partial charge is 0.396 e. The summed E-state index contributed by atoms with van der Waals surface area (Å²) in [6.07, 6.45) is -11.0. The molecule has 0 saturated heterocycles. The van der Waals surface area contributed by atoms with E-state index in [1.54, 1.807) is 30.3 Å². The van der Waals surface area contributed by atoms with Crippen LogP contribution in [0.3, 0.4) is 0 Å². The lowest BCUT2D eigenvalue weighted by Gasteiger charge is -2.42. The Morgan fingerprint density at radius 1 is 0.947 bits per heavy atom. The number of aliphatic hydroxyl groups excluding tert-OH is 1. The second-order valence-electron chi connectivity index (χ2n) is 8.78. The fourth-order valence-corrected chi connectivity index (χ4v) is 4.06. The molecule has 0 aromatic heterocycles. The molecule has 2 aromatic rings. The normalized spacial score (nSPS) is 15.9. The maximum Gasteiger partial charge on any atom is 0.416 e. The number of hydroxylamine groups is 2. The molecule has 3 atom stereocenters. The van der Waals surface area contributed by atoms with Crippen LogP contribution in [0.15, 0.2) is 48.5 Å². The van der Waals surface area contributed by atoms with E-state index in [9.17, 15) is 36.0 Å². The summed E-state index contributed by atoms with van der Waals surface area (Å²) in [4.78, 5) is 0. The number of nitrogens with zero attached hydrogens (tertiary/aromatic N) is 1. The minimum atomic E-state index is -5.02. The maximum absolute atomic E-state index is 13.7. The van der Waals surface area contributed by atoms with Crippen LogP contribution in [0.5, 0.6) is 0 Å². The molecule has 0 aliphatic rings. The average Bonchev–Trinajstić information content (AvgIpc) is 2.88. The number of aliphatic hydroxyl groups is 1. The molecule has 0 radical (unpaired) electrons. The summed E-state index contributed by atoms with van der Waals surface area (Å²) in [5.41, 5.74) is 2.33. The highest BCUT2D eigenvalue weighted by atomic mass is 19.4. The first kappa shape index (κ1) is 31.9. The van der Waals surface area contributed by atoms with Crippen molar-refractivity contribution < 1.29 is 50.5 Å². The minimum absolute atomic E-state index is 0.0323. The molecule has 6 nitrogen and oxygen atoms in total. The number of benzene rings is 2. The Bertz CT molecular complexity index is 960. The van der Waals surface area contributed by atoms with E-state index in [2.05, 4.69) is 5.04 Å². The summed E-state index contributed by atoms with van der Waals surface area (Å²) in [7, 11) is 1.39. The number of nitrogens with two attached hydrogens (primary N) is 1. The predicted molar refractivity (Wildman–Crippen MR) is 124 cm³/mol. The van der Waals surface area contributed by atoms with Crippen molar-refractivity contribution in [3.8, 4) is 0 Å². The lowest BCUT2D eigenvalue weighted by molar-refractivity contribution is -0.349. The largest absolute Gasteiger partial charge is 0.416 e. The number of rotatable bonds is 14. The van der Waals surface area contributed by atoms with Gasteiger partial charge in [-0.3, -0.25) is 0 Å². The van der Waals surface area contributed by atoms with Gasteiger partial charge in [0, 0.05) is 13.7 Å². The fraction of sp³-hybridized carbons (Fsp3) is 0.520. The molecule has 0 heterocycles. The molecule has 214 valence electrons. The molecular weight excluding hydrogens is 525 g/mol. The summed E-state index contributed by atoms with van der Waals surface area (Å²) < 4.78 is 104. The quantitative estimate of drug-likeness (QED) is 0.234. The summed E-state index contributed by atoms with van der Waals surface area (Å²) in [6, 6.07) is 8.48. The highest BCUT2D eigenvalue weighted by Crippen LogP contribution is 2.39. The first-order valence-corrected chi connectivity index (χ1v) is 11.7. The molecule has 2 aromatic carbocycles. The van der Waals surface area contributed by atoms with Crippen LogP contribution < -0.4 is 5.73 Å². The molecule has 38 heavy (non-hydrogen) atoms. The van der Waals surface area contributed by atoms with Crippen LogP contribution in [0.1, 0.15) is 48.1 Å². The molecule has 0 bridgehead atoms. The van der Waals surface area contributed by atoms with E-state index in [1.165, 1.54) is 14.0 Å². The van der Waals surface area contributed by atoms with E-state index >= 15 is 0 Å². The van der Waals surface area contributed by atoms with Gasteiger partial charge in [-0.05, 0) is 53.6 Å². The average molecular weight is 557 g/mol. The second-order valence-corrected chi connectivity index (χ2v) is 8.78. The van der Waals surface area contributed by atoms with E-state index < -0.39 is 47.8 Å². The van der Waals surface area contributed by atoms with Crippen molar-refractivity contribution in [2.24, 2.45) is 5.73 Å². The van der Waals surface area contributed by atoms with Crippen LogP contribution >= 0.6 is 0 Å². The van der Waals surface area contributed by atoms with Gasteiger partial charge < -0.3 is 20.3 Å². The Kier molecular flexibility index (Phi) is 11.5. The van der Waals surface area contributed by atoms with Gasteiger partial charge in [-0.2, -0.15) is 26.3 Å². The topological polar surface area (TPSA) is 77.2 Å². The van der Waals surface area contributed by atoms with E-state index in [-0.39, 0.29) is 44.2 Å². The molecule has 0 aliphatic heterocycles. The highest BCUT2D eigenvalue weighted by molar-refractivity contribution is 5.35. The van der Waals surface area contributed by atoms with Crippen LogP contribution in [0.2, 0.25) is 0 Å². The molecule has 0 fully saturated rings. The maximum atomic E-state index is 13.7. The zero-order valence-electron chi connectivity index (χ0n) is 20.9. The van der Waals surface area contributed by atoms with Gasteiger partial charge in [0.2, 0.25) is 0 Å². The first-order chi connectivity index (χ1) is 17.8. The Morgan fingerprint density at radius 3 is 2.00 bits per heavy atom. The van der Waals surface area contributed by atoms with Gasteiger partial charge in [0.25, 0.3) is 0 Å². The first-order valence-electron chi connectivity index (χ1n) is 11.7. The fourth-order valence-electron chi connectivity index (χ4n) is 4.06. The summed E-state index contributed by atoms with van der Waals surface area (Å²) in [5.74, 6) is 0. The molecule has 0 spiro atoms. The number of ether oxygens (including phenoxy) is 2. The Morgan fingerprint density at radius 2 is 1.53 bits per heavy atom. The van der Waals surface area contributed by atoms with Gasteiger partial charge in [0.05, 0.1) is 48.6 Å². The van der Waals surface area contributed by atoms with Crippen molar-refractivity contribution in [3.05, 3.63) is 70.8 Å². The Hall–Kier alpha value is -2.29. The van der Waals surface area contributed by atoms with Crippen LogP contribution in [0.4, 0.5) is 30.9 Å². The van der Waals surface area contributed by atoms with Crippen LogP contribution in [0, 0.1) is 0 Å². The van der Waals surface area contributed by atoms with Gasteiger partial charge in [0.1, 0.15) is 0 Å². The van der Waals surface area contributed by atoms with Crippen molar-refractivity contribution in [2.45, 2.75) is 49.8 Å². The number of halogens is 7. The predicted octanol–water partition coefficient (Wildman–Crippen LogP) is 5.56. The van der Waals surface area contributed by atoms with Crippen LogP contribution in [-0.4, -0.2) is 49.7 Å². The van der Waals surface area contributed by atoms with Gasteiger partial charge in [-0.1, -0.05) is 35.4 Å². The summed E-state index contributed by atoms with van der Waals surface area (Å²) in [5, 5.41) is 14.4. The molecular formula is C25H31F7N2O4. The third-order valence-electron chi connectivity index (χ3n) is 6.15. The zero-order valence-corrected chi connectivity index (χ0v) is 20.9.